The van der Waals surface area contributed by atoms with Crippen LogP contribution in [0, 0.1) is 0 Å². The van der Waals surface area contributed by atoms with Gasteiger partial charge in [0.15, 0.2) is 17.2 Å². The number of aromatic nitrogens is 2. The van der Waals surface area contributed by atoms with Crippen molar-refractivity contribution in [2.24, 2.45) is 0 Å². The summed E-state index contributed by atoms with van der Waals surface area (Å²) in [4.78, 5) is 39.1. The van der Waals surface area contributed by atoms with Gasteiger partial charge in [0, 0.05) is 16.8 Å². The molecule has 0 unspecified atom stereocenters. The molecule has 0 atom stereocenters. The van der Waals surface area contributed by atoms with Gasteiger partial charge in [-0.15, -0.1) is 11.3 Å². The molecule has 14 heteroatoms. The van der Waals surface area contributed by atoms with Gasteiger partial charge in [-0.25, -0.2) is 4.79 Å². The lowest BCUT2D eigenvalue weighted by Gasteiger charge is -2.12. The highest BCUT2D eigenvalue weighted by atomic mass is 32.1. The van der Waals surface area contributed by atoms with E-state index in [0.29, 0.717) is 22.8 Å². The van der Waals surface area contributed by atoms with Gasteiger partial charge in [-0.1, -0.05) is 0 Å². The summed E-state index contributed by atoms with van der Waals surface area (Å²) in [6.45, 7) is 1.60. The zero-order valence-corrected chi connectivity index (χ0v) is 23.5. The quantitative estimate of drug-likeness (QED) is 0.202. The third-order valence-electron chi connectivity index (χ3n) is 5.91. The van der Waals surface area contributed by atoms with Gasteiger partial charge in [-0.05, 0) is 55.0 Å². The summed E-state index contributed by atoms with van der Waals surface area (Å²) in [5, 5.41) is 8.34. The molecule has 0 spiro atoms. The molecule has 0 saturated heterocycles. The van der Waals surface area contributed by atoms with Crippen molar-refractivity contribution in [1.82, 2.24) is 9.78 Å². The molecule has 1 N–H and O–H groups in total. The number of anilines is 1. The van der Waals surface area contributed by atoms with E-state index in [2.05, 4.69) is 10.4 Å². The molecule has 42 heavy (non-hydrogen) atoms. The van der Waals surface area contributed by atoms with Crippen molar-refractivity contribution < 1.29 is 41.7 Å². The Hall–Kier alpha value is -4.85. The first-order valence-corrected chi connectivity index (χ1v) is 13.1. The van der Waals surface area contributed by atoms with Gasteiger partial charge in [-0.2, -0.15) is 23.0 Å². The first kappa shape index (κ1) is 30.1. The van der Waals surface area contributed by atoms with Gasteiger partial charge in [-0.3, -0.25) is 9.59 Å². The minimum Gasteiger partial charge on any atom is -0.493 e. The summed E-state index contributed by atoms with van der Waals surface area (Å²) in [6, 6.07) is 6.97. The fourth-order valence-electron chi connectivity index (χ4n) is 3.98. The summed E-state index contributed by atoms with van der Waals surface area (Å²) in [7, 11) is 4.37. The Labute approximate surface area is 240 Å². The highest BCUT2D eigenvalue weighted by molar-refractivity contribution is 7.16. The van der Waals surface area contributed by atoms with Gasteiger partial charge >= 0.3 is 12.1 Å². The maximum absolute atomic E-state index is 13.5. The predicted molar refractivity (Wildman–Crippen MR) is 150 cm³/mol. The van der Waals surface area contributed by atoms with Crippen LogP contribution in [0.3, 0.4) is 0 Å². The zero-order valence-electron chi connectivity index (χ0n) is 22.7. The molecule has 4 rings (SSSR count). The summed E-state index contributed by atoms with van der Waals surface area (Å²) in [5.41, 5.74) is -1.40. The van der Waals surface area contributed by atoms with E-state index in [4.69, 9.17) is 18.9 Å². The number of hydrogen-bond donors (Lipinski definition) is 1. The molecule has 4 aromatic rings. The summed E-state index contributed by atoms with van der Waals surface area (Å²) in [6.07, 6.45) is -1.88. The van der Waals surface area contributed by atoms with Crippen LogP contribution in [0.15, 0.2) is 52.6 Å². The average Bonchev–Trinajstić information content (AvgIpc) is 3.39. The van der Waals surface area contributed by atoms with Crippen LogP contribution in [0.2, 0.25) is 0 Å². The van der Waals surface area contributed by atoms with Crippen molar-refractivity contribution in [3.63, 3.8) is 0 Å². The Morgan fingerprint density at radius 3 is 2.24 bits per heavy atom. The number of rotatable bonds is 9. The molecule has 0 fully saturated rings. The molecule has 0 radical (unpaired) electrons. The molecule has 220 valence electrons. The van der Waals surface area contributed by atoms with Crippen LogP contribution in [-0.2, 0) is 15.7 Å². The number of halogens is 3. The van der Waals surface area contributed by atoms with Crippen molar-refractivity contribution in [2.75, 3.05) is 33.3 Å². The Bertz CT molecular complexity index is 1700. The molecule has 0 aliphatic carbocycles. The van der Waals surface area contributed by atoms with Crippen molar-refractivity contribution in [1.29, 1.82) is 0 Å². The molecule has 0 aliphatic heterocycles. The maximum Gasteiger partial charge on any atom is 0.416 e. The zero-order chi connectivity index (χ0) is 30.6. The van der Waals surface area contributed by atoms with Crippen molar-refractivity contribution >= 4 is 45.1 Å². The van der Waals surface area contributed by atoms with Gasteiger partial charge in [0.1, 0.15) is 5.00 Å². The normalized spacial score (nSPS) is 11.5. The molecule has 0 saturated carbocycles. The van der Waals surface area contributed by atoms with Crippen molar-refractivity contribution in [3.8, 4) is 22.9 Å². The fraction of sp³-hybridized carbons (Fsp3) is 0.214. The number of benzene rings is 2. The fourth-order valence-corrected chi connectivity index (χ4v) is 4.92. The lowest BCUT2D eigenvalue weighted by atomic mass is 10.1. The van der Waals surface area contributed by atoms with E-state index >= 15 is 0 Å². The van der Waals surface area contributed by atoms with Crippen LogP contribution in [0.25, 0.3) is 22.5 Å². The standard InChI is InChI=1S/C28H24F3N3O7S/c1-5-41-27(37)23-18-14-42-25(22(18)26(36)34(33-23)17-9-7-16(8-10-17)28(29,30)31)32-21(35)11-6-15-12-19(38-2)24(40-4)20(13-15)39-3/h6-14H,5H2,1-4H3,(H,32,35)/b11-6+. The van der Waals surface area contributed by atoms with E-state index in [1.54, 1.807) is 19.1 Å². The molecular formula is C28H24F3N3O7S. The minimum atomic E-state index is -4.59. The Balaban J connectivity index is 1.74. The van der Waals surface area contributed by atoms with E-state index in [0.717, 1.165) is 40.3 Å². The molecule has 1 amide bonds. The number of carbonyl (C=O) groups is 2. The second kappa shape index (κ2) is 12.3. The second-order valence-electron chi connectivity index (χ2n) is 8.47. The van der Waals surface area contributed by atoms with Crippen LogP contribution in [0.5, 0.6) is 17.2 Å². The van der Waals surface area contributed by atoms with Gasteiger partial charge in [0.25, 0.3) is 5.56 Å². The number of alkyl halides is 3. The van der Waals surface area contributed by atoms with E-state index in [9.17, 15) is 27.6 Å². The van der Waals surface area contributed by atoms with Crippen molar-refractivity contribution in [2.45, 2.75) is 13.1 Å². The van der Waals surface area contributed by atoms with Gasteiger partial charge in [0.05, 0.1) is 44.6 Å². The number of esters is 1. The summed E-state index contributed by atoms with van der Waals surface area (Å²) in [5.74, 6) is -0.321. The number of nitrogens with one attached hydrogen (secondary N) is 1. The van der Waals surface area contributed by atoms with Gasteiger partial charge in [0.2, 0.25) is 11.7 Å². The number of ether oxygens (including phenoxy) is 4. The third-order valence-corrected chi connectivity index (χ3v) is 6.81. The lowest BCUT2D eigenvalue weighted by Crippen LogP contribution is -2.25. The smallest absolute Gasteiger partial charge is 0.416 e. The Morgan fingerprint density at radius 2 is 1.69 bits per heavy atom. The highest BCUT2D eigenvalue weighted by Crippen LogP contribution is 2.38. The van der Waals surface area contributed by atoms with Crippen LogP contribution < -0.4 is 25.1 Å². The molecule has 10 nitrogen and oxygen atoms in total. The number of methoxy groups -OCH3 is 3. The maximum atomic E-state index is 13.5. The first-order valence-electron chi connectivity index (χ1n) is 12.2. The van der Waals surface area contributed by atoms with Crippen molar-refractivity contribution in [3.05, 3.63) is 75.0 Å². The van der Waals surface area contributed by atoms with E-state index in [1.165, 1.54) is 38.9 Å². The largest absolute Gasteiger partial charge is 0.493 e. The van der Waals surface area contributed by atoms with Crippen LogP contribution >= 0.6 is 11.3 Å². The Kier molecular flexibility index (Phi) is 8.85. The topological polar surface area (TPSA) is 118 Å². The predicted octanol–water partition coefficient (Wildman–Crippen LogP) is 5.32. The van der Waals surface area contributed by atoms with Gasteiger partial charge < -0.3 is 24.3 Å². The molecule has 0 bridgehead atoms. The molecule has 2 aromatic carbocycles. The molecule has 2 heterocycles. The van der Waals surface area contributed by atoms with Crippen LogP contribution in [0.1, 0.15) is 28.5 Å². The van der Waals surface area contributed by atoms with Crippen LogP contribution in [0.4, 0.5) is 18.2 Å². The molecular weight excluding hydrogens is 579 g/mol. The highest BCUT2D eigenvalue weighted by Gasteiger charge is 2.30. The average molecular weight is 604 g/mol. The second-order valence-corrected chi connectivity index (χ2v) is 9.35. The first-order chi connectivity index (χ1) is 20.0. The number of amides is 1. The lowest BCUT2D eigenvalue weighted by molar-refractivity contribution is -0.137. The number of thiophene rings is 1. The molecule has 2 aromatic heterocycles. The number of nitrogens with zero attached hydrogens (tertiary/aromatic N) is 2. The SMILES string of the molecule is CCOC(=O)c1nn(-c2ccc(C(F)(F)F)cc2)c(=O)c2c(NC(=O)/C=C/c3cc(OC)c(OC)c(OC)c3)scc12. The third kappa shape index (κ3) is 6.07. The molecule has 0 aliphatic rings. The van der Waals surface area contributed by atoms with E-state index in [1.807, 2.05) is 0 Å². The van der Waals surface area contributed by atoms with Crippen LogP contribution in [-0.4, -0.2) is 49.6 Å². The van der Waals surface area contributed by atoms with E-state index in [-0.39, 0.29) is 33.8 Å². The Morgan fingerprint density at radius 1 is 1.05 bits per heavy atom. The summed E-state index contributed by atoms with van der Waals surface area (Å²) >= 11 is 0.971. The number of hydrogen-bond acceptors (Lipinski definition) is 9. The number of fused-ring (bicyclic) bond motifs is 1. The number of carbonyl (C=O) groups excluding carboxylic acids is 2. The monoisotopic (exact) mass is 603 g/mol. The summed E-state index contributed by atoms with van der Waals surface area (Å²) < 4.78 is 61.0. The van der Waals surface area contributed by atoms with E-state index < -0.39 is 29.2 Å². The minimum absolute atomic E-state index is 0.0148.